The van der Waals surface area contributed by atoms with E-state index < -0.39 is 29.0 Å². The molecule has 5 nitrogen and oxygen atoms in total. The van der Waals surface area contributed by atoms with Crippen molar-refractivity contribution < 1.29 is 22.8 Å². The lowest BCUT2D eigenvalue weighted by Gasteiger charge is -2.16. The second kappa shape index (κ2) is 8.60. The number of likely N-dealkylation sites (N-methyl/N-ethyl adjacent to an activating group) is 1. The lowest BCUT2D eigenvalue weighted by Crippen LogP contribution is -2.34. The van der Waals surface area contributed by atoms with Crippen molar-refractivity contribution in [2.24, 2.45) is 0 Å². The lowest BCUT2D eigenvalue weighted by atomic mass is 10.1. The summed E-state index contributed by atoms with van der Waals surface area (Å²) >= 11 is 0. The van der Waals surface area contributed by atoms with E-state index in [0.717, 1.165) is 23.5 Å². The van der Waals surface area contributed by atoms with Crippen LogP contribution in [0.5, 0.6) is 0 Å². The number of halogens is 3. The predicted octanol–water partition coefficient (Wildman–Crippen LogP) is 3.86. The molecule has 0 fully saturated rings. The minimum absolute atomic E-state index is 0.0178. The summed E-state index contributed by atoms with van der Waals surface area (Å²) in [5.74, 6) is -5.24. The third-order valence-electron chi connectivity index (χ3n) is 4.44. The van der Waals surface area contributed by atoms with Crippen LogP contribution in [0.2, 0.25) is 0 Å². The number of carbonyl (C=O) groups excluding carboxylic acids is 2. The van der Waals surface area contributed by atoms with E-state index >= 15 is 0 Å². The van der Waals surface area contributed by atoms with Crippen LogP contribution >= 0.6 is 0 Å². The largest absolute Gasteiger partial charge is 0.346 e. The third-order valence-corrected chi connectivity index (χ3v) is 4.44. The summed E-state index contributed by atoms with van der Waals surface area (Å²) < 4.78 is 41.9. The van der Waals surface area contributed by atoms with Gasteiger partial charge in [-0.15, -0.1) is 0 Å². The summed E-state index contributed by atoms with van der Waals surface area (Å²) in [6.07, 6.45) is 0. The summed E-state index contributed by atoms with van der Waals surface area (Å²) in [5, 5.41) is 2.18. The van der Waals surface area contributed by atoms with E-state index in [1.165, 1.54) is 4.90 Å². The minimum Gasteiger partial charge on any atom is -0.346 e. The van der Waals surface area contributed by atoms with E-state index in [2.05, 4.69) is 9.88 Å². The predicted molar refractivity (Wildman–Crippen MR) is 101 cm³/mol. The molecule has 0 unspecified atom stereocenters. The standard InChI is InChI=1S/C20H24F3N3O2/c1-11(2)26-12(3)8-14(13(26)4)17(27)9-25(5)10-18(28)24-16-7-6-15(21)19(22)20(16)23/h6-8,11H,9-10H2,1-5H3,(H,24,28). The van der Waals surface area contributed by atoms with Crippen LogP contribution < -0.4 is 5.32 Å². The topological polar surface area (TPSA) is 54.3 Å². The van der Waals surface area contributed by atoms with Gasteiger partial charge in [-0.25, -0.2) is 13.2 Å². The molecule has 0 aliphatic carbocycles. The molecule has 1 aromatic heterocycles. The van der Waals surface area contributed by atoms with Gasteiger partial charge in [-0.05, 0) is 52.9 Å². The average molecular weight is 395 g/mol. The van der Waals surface area contributed by atoms with Gasteiger partial charge in [0.15, 0.2) is 23.2 Å². The van der Waals surface area contributed by atoms with E-state index in [9.17, 15) is 22.8 Å². The molecule has 0 radical (unpaired) electrons. The highest BCUT2D eigenvalue weighted by Crippen LogP contribution is 2.21. The Bertz CT molecular complexity index is 907. The maximum Gasteiger partial charge on any atom is 0.238 e. The Morgan fingerprint density at radius 2 is 1.75 bits per heavy atom. The molecular weight excluding hydrogens is 371 g/mol. The number of hydrogen-bond acceptors (Lipinski definition) is 3. The number of aryl methyl sites for hydroxylation is 1. The summed E-state index contributed by atoms with van der Waals surface area (Å²) in [6.45, 7) is 7.63. The van der Waals surface area contributed by atoms with E-state index in [0.29, 0.717) is 5.56 Å². The molecule has 28 heavy (non-hydrogen) atoms. The molecule has 1 N–H and O–H groups in total. The van der Waals surface area contributed by atoms with Gasteiger partial charge in [-0.2, -0.15) is 0 Å². The monoisotopic (exact) mass is 395 g/mol. The van der Waals surface area contributed by atoms with Gasteiger partial charge >= 0.3 is 0 Å². The first-order chi connectivity index (χ1) is 13.0. The fourth-order valence-electron chi connectivity index (χ4n) is 3.30. The number of hydrogen-bond donors (Lipinski definition) is 1. The number of Topliss-reactive ketones (excluding diaryl/α,β-unsaturated/α-hetero) is 1. The van der Waals surface area contributed by atoms with Gasteiger partial charge in [0.1, 0.15) is 0 Å². The van der Waals surface area contributed by atoms with Crippen LogP contribution in [0.25, 0.3) is 0 Å². The van der Waals surface area contributed by atoms with Gasteiger partial charge in [0, 0.05) is 23.0 Å². The SMILES string of the molecule is Cc1cc(C(=O)CN(C)CC(=O)Nc2ccc(F)c(F)c2F)c(C)n1C(C)C. The number of carbonyl (C=O) groups is 2. The zero-order valence-corrected chi connectivity index (χ0v) is 16.6. The van der Waals surface area contributed by atoms with Gasteiger partial charge < -0.3 is 9.88 Å². The third kappa shape index (κ3) is 4.62. The molecule has 0 saturated heterocycles. The molecule has 2 aromatic rings. The Balaban J connectivity index is 2.01. The summed E-state index contributed by atoms with van der Waals surface area (Å²) in [5.41, 5.74) is 1.97. The van der Waals surface area contributed by atoms with Gasteiger partial charge in [0.05, 0.1) is 18.8 Å². The zero-order valence-electron chi connectivity index (χ0n) is 16.6. The molecule has 1 heterocycles. The van der Waals surface area contributed by atoms with Crippen molar-refractivity contribution >= 4 is 17.4 Å². The zero-order chi connectivity index (χ0) is 21.2. The quantitative estimate of drug-likeness (QED) is 0.572. The molecule has 0 aliphatic heterocycles. The van der Waals surface area contributed by atoms with Crippen LogP contribution in [-0.4, -0.2) is 41.3 Å². The highest BCUT2D eigenvalue weighted by molar-refractivity contribution is 5.99. The molecule has 0 spiro atoms. The summed E-state index contributed by atoms with van der Waals surface area (Å²) in [6, 6.07) is 3.71. The molecule has 0 bridgehead atoms. The van der Waals surface area contributed by atoms with Crippen LogP contribution in [0.3, 0.4) is 0 Å². The van der Waals surface area contributed by atoms with Crippen molar-refractivity contribution in [3.05, 3.63) is 52.6 Å². The maximum atomic E-state index is 13.6. The number of nitrogens with one attached hydrogen (secondary N) is 1. The number of ketones is 1. The molecular formula is C20H24F3N3O2. The number of amides is 1. The lowest BCUT2D eigenvalue weighted by molar-refractivity contribution is -0.116. The fourth-order valence-corrected chi connectivity index (χ4v) is 3.30. The summed E-state index contributed by atoms with van der Waals surface area (Å²) in [7, 11) is 1.57. The van der Waals surface area contributed by atoms with Crippen molar-refractivity contribution in [2.75, 3.05) is 25.5 Å². The van der Waals surface area contributed by atoms with E-state index in [1.807, 2.05) is 33.8 Å². The molecule has 0 saturated carbocycles. The normalized spacial score (nSPS) is 11.4. The summed E-state index contributed by atoms with van der Waals surface area (Å²) in [4.78, 5) is 26.1. The Labute approximate surface area is 162 Å². The van der Waals surface area contributed by atoms with Crippen LogP contribution in [0.4, 0.5) is 18.9 Å². The maximum absolute atomic E-state index is 13.6. The van der Waals surface area contributed by atoms with Crippen molar-refractivity contribution in [1.29, 1.82) is 0 Å². The Morgan fingerprint density at radius 1 is 1.11 bits per heavy atom. The molecule has 152 valence electrons. The van der Waals surface area contributed by atoms with Crippen LogP contribution in [0, 0.1) is 31.3 Å². The van der Waals surface area contributed by atoms with Crippen LogP contribution in [-0.2, 0) is 4.79 Å². The number of benzene rings is 1. The molecule has 1 aromatic carbocycles. The van der Waals surface area contributed by atoms with E-state index in [-0.39, 0.29) is 24.9 Å². The van der Waals surface area contributed by atoms with Crippen LogP contribution in [0.1, 0.15) is 41.6 Å². The number of rotatable bonds is 7. The van der Waals surface area contributed by atoms with Crippen molar-refractivity contribution in [1.82, 2.24) is 9.47 Å². The fraction of sp³-hybridized carbons (Fsp3) is 0.400. The molecule has 2 rings (SSSR count). The van der Waals surface area contributed by atoms with Crippen molar-refractivity contribution in [3.63, 3.8) is 0 Å². The van der Waals surface area contributed by atoms with Gasteiger partial charge in [-0.1, -0.05) is 0 Å². The highest BCUT2D eigenvalue weighted by Gasteiger charge is 2.20. The first kappa shape index (κ1) is 21.7. The molecule has 1 amide bonds. The highest BCUT2D eigenvalue weighted by atomic mass is 19.2. The Hall–Kier alpha value is -2.61. The smallest absolute Gasteiger partial charge is 0.238 e. The Morgan fingerprint density at radius 3 is 2.32 bits per heavy atom. The second-order valence-electron chi connectivity index (χ2n) is 7.12. The van der Waals surface area contributed by atoms with Gasteiger partial charge in [-0.3, -0.25) is 14.5 Å². The average Bonchev–Trinajstić information content (AvgIpc) is 2.89. The van der Waals surface area contributed by atoms with E-state index in [4.69, 9.17) is 0 Å². The Kier molecular flexibility index (Phi) is 6.66. The minimum atomic E-state index is -1.65. The number of anilines is 1. The van der Waals surface area contributed by atoms with Crippen molar-refractivity contribution in [3.8, 4) is 0 Å². The first-order valence-corrected chi connectivity index (χ1v) is 8.86. The van der Waals surface area contributed by atoms with Crippen molar-refractivity contribution in [2.45, 2.75) is 33.7 Å². The van der Waals surface area contributed by atoms with Gasteiger partial charge in [0.25, 0.3) is 0 Å². The van der Waals surface area contributed by atoms with E-state index in [1.54, 1.807) is 7.05 Å². The van der Waals surface area contributed by atoms with Crippen LogP contribution in [0.15, 0.2) is 18.2 Å². The molecule has 0 atom stereocenters. The molecule has 0 aliphatic rings. The number of aromatic nitrogens is 1. The number of nitrogens with zero attached hydrogens (tertiary/aromatic N) is 2. The second-order valence-corrected chi connectivity index (χ2v) is 7.12. The first-order valence-electron chi connectivity index (χ1n) is 8.86. The van der Waals surface area contributed by atoms with Gasteiger partial charge in [0.2, 0.25) is 5.91 Å². The molecule has 8 heteroatoms.